The molecule has 5 heteroatoms. The van der Waals surface area contributed by atoms with Crippen molar-refractivity contribution in [2.45, 2.75) is 6.92 Å². The SMILES string of the molecule is Cc1cc(Oc2ccccc2)nc(=N)n1O. The van der Waals surface area contributed by atoms with Crippen molar-refractivity contribution in [2.24, 2.45) is 0 Å². The molecular formula is C11H11N3O2. The fourth-order valence-electron chi connectivity index (χ4n) is 1.25. The van der Waals surface area contributed by atoms with Crippen molar-refractivity contribution in [1.29, 1.82) is 5.41 Å². The molecule has 0 saturated carbocycles. The van der Waals surface area contributed by atoms with Gasteiger partial charge in [-0.2, -0.15) is 9.71 Å². The first-order valence-corrected chi connectivity index (χ1v) is 4.74. The normalized spacial score (nSPS) is 10.1. The molecule has 1 heterocycles. The predicted octanol–water partition coefficient (Wildman–Crippen LogP) is 1.70. The highest BCUT2D eigenvalue weighted by Crippen LogP contribution is 2.17. The molecule has 5 nitrogen and oxygen atoms in total. The summed E-state index contributed by atoms with van der Waals surface area (Å²) in [6.45, 7) is 1.66. The lowest BCUT2D eigenvalue weighted by Crippen LogP contribution is -2.23. The number of aryl methyl sites for hydroxylation is 1. The van der Waals surface area contributed by atoms with Gasteiger partial charge in [-0.25, -0.2) is 0 Å². The van der Waals surface area contributed by atoms with Crippen LogP contribution < -0.4 is 10.4 Å². The Labute approximate surface area is 92.0 Å². The second kappa shape index (κ2) is 4.06. The third-order valence-electron chi connectivity index (χ3n) is 2.05. The van der Waals surface area contributed by atoms with E-state index in [0.717, 1.165) is 0 Å². The van der Waals surface area contributed by atoms with Crippen LogP contribution in [0.2, 0.25) is 0 Å². The van der Waals surface area contributed by atoms with E-state index >= 15 is 0 Å². The van der Waals surface area contributed by atoms with Gasteiger partial charge in [0, 0.05) is 6.07 Å². The van der Waals surface area contributed by atoms with Gasteiger partial charge in [0.15, 0.2) is 0 Å². The zero-order chi connectivity index (χ0) is 11.5. The van der Waals surface area contributed by atoms with Crippen LogP contribution in [-0.4, -0.2) is 14.9 Å². The first-order valence-electron chi connectivity index (χ1n) is 4.74. The maximum Gasteiger partial charge on any atom is 0.258 e. The van der Waals surface area contributed by atoms with Crippen LogP contribution in [0, 0.1) is 12.3 Å². The third-order valence-corrected chi connectivity index (χ3v) is 2.05. The van der Waals surface area contributed by atoms with Crippen LogP contribution in [0.1, 0.15) is 5.69 Å². The zero-order valence-corrected chi connectivity index (χ0v) is 8.71. The molecule has 0 spiro atoms. The van der Waals surface area contributed by atoms with Gasteiger partial charge in [0.05, 0.1) is 5.69 Å². The number of aromatic nitrogens is 2. The Bertz CT molecular complexity index is 549. The minimum Gasteiger partial charge on any atom is -0.439 e. The van der Waals surface area contributed by atoms with Crippen LogP contribution in [-0.2, 0) is 0 Å². The molecule has 2 rings (SSSR count). The zero-order valence-electron chi connectivity index (χ0n) is 8.71. The van der Waals surface area contributed by atoms with Gasteiger partial charge in [0.25, 0.3) is 5.62 Å². The molecule has 1 aromatic heterocycles. The highest BCUT2D eigenvalue weighted by molar-refractivity contribution is 5.26. The Morgan fingerprint density at radius 3 is 2.62 bits per heavy atom. The molecule has 16 heavy (non-hydrogen) atoms. The Hall–Kier alpha value is -2.30. The van der Waals surface area contributed by atoms with E-state index < -0.39 is 0 Å². The number of para-hydroxylation sites is 1. The monoisotopic (exact) mass is 217 g/mol. The maximum atomic E-state index is 9.31. The molecule has 0 aliphatic carbocycles. The van der Waals surface area contributed by atoms with E-state index in [1.807, 2.05) is 18.2 Å². The van der Waals surface area contributed by atoms with Crippen molar-refractivity contribution < 1.29 is 9.94 Å². The molecule has 0 saturated heterocycles. The van der Waals surface area contributed by atoms with Gasteiger partial charge >= 0.3 is 0 Å². The summed E-state index contributed by atoms with van der Waals surface area (Å²) < 4.78 is 6.13. The largest absolute Gasteiger partial charge is 0.439 e. The molecule has 0 atom stereocenters. The van der Waals surface area contributed by atoms with Gasteiger partial charge in [0.1, 0.15) is 5.75 Å². The average Bonchev–Trinajstić information content (AvgIpc) is 2.27. The van der Waals surface area contributed by atoms with Gasteiger partial charge in [-0.05, 0) is 19.1 Å². The van der Waals surface area contributed by atoms with Crippen LogP contribution in [0.4, 0.5) is 0 Å². The number of nitrogens with one attached hydrogen (secondary N) is 1. The van der Waals surface area contributed by atoms with Gasteiger partial charge in [-0.3, -0.25) is 5.41 Å². The summed E-state index contributed by atoms with van der Waals surface area (Å²) in [5, 5.41) is 16.7. The minimum absolute atomic E-state index is 0.258. The first kappa shape index (κ1) is 10.2. The van der Waals surface area contributed by atoms with E-state index in [1.54, 1.807) is 25.1 Å². The first-order chi connectivity index (χ1) is 7.66. The van der Waals surface area contributed by atoms with Crippen molar-refractivity contribution in [3.8, 4) is 11.6 Å². The van der Waals surface area contributed by atoms with Crippen molar-refractivity contribution in [3.05, 3.63) is 47.7 Å². The summed E-state index contributed by atoms with van der Waals surface area (Å²) in [6.07, 6.45) is 0. The highest BCUT2D eigenvalue weighted by atomic mass is 16.5. The molecule has 0 aliphatic rings. The molecule has 2 aromatic rings. The van der Waals surface area contributed by atoms with E-state index in [0.29, 0.717) is 22.1 Å². The minimum atomic E-state index is -0.258. The van der Waals surface area contributed by atoms with Crippen molar-refractivity contribution in [3.63, 3.8) is 0 Å². The predicted molar refractivity (Wildman–Crippen MR) is 56.5 cm³/mol. The van der Waals surface area contributed by atoms with Gasteiger partial charge in [-0.1, -0.05) is 18.2 Å². The van der Waals surface area contributed by atoms with Crippen LogP contribution >= 0.6 is 0 Å². The number of hydrogen-bond donors (Lipinski definition) is 2. The smallest absolute Gasteiger partial charge is 0.258 e. The maximum absolute atomic E-state index is 9.31. The molecule has 0 aliphatic heterocycles. The van der Waals surface area contributed by atoms with Gasteiger partial charge < -0.3 is 9.94 Å². The molecule has 0 fully saturated rings. The summed E-state index contributed by atoms with van der Waals surface area (Å²) in [5.41, 5.74) is 0.233. The second-order valence-corrected chi connectivity index (χ2v) is 3.29. The van der Waals surface area contributed by atoms with E-state index in [2.05, 4.69) is 4.98 Å². The highest BCUT2D eigenvalue weighted by Gasteiger charge is 2.03. The van der Waals surface area contributed by atoms with E-state index in [4.69, 9.17) is 10.1 Å². The molecule has 0 unspecified atom stereocenters. The molecule has 0 bridgehead atoms. The quantitative estimate of drug-likeness (QED) is 0.752. The number of ether oxygens (including phenoxy) is 1. The van der Waals surface area contributed by atoms with Crippen molar-refractivity contribution in [1.82, 2.24) is 9.71 Å². The molecule has 0 radical (unpaired) electrons. The molecular weight excluding hydrogens is 206 g/mol. The summed E-state index contributed by atoms with van der Waals surface area (Å²) >= 11 is 0. The number of nitrogens with zero attached hydrogens (tertiary/aromatic N) is 2. The third kappa shape index (κ3) is 2.03. The molecule has 1 aromatic carbocycles. The Morgan fingerprint density at radius 2 is 2.00 bits per heavy atom. The van der Waals surface area contributed by atoms with E-state index in [9.17, 15) is 5.21 Å². The fourth-order valence-corrected chi connectivity index (χ4v) is 1.25. The number of hydrogen-bond acceptors (Lipinski definition) is 4. The van der Waals surface area contributed by atoms with Crippen LogP contribution in [0.3, 0.4) is 0 Å². The number of rotatable bonds is 2. The molecule has 0 amide bonds. The van der Waals surface area contributed by atoms with Crippen molar-refractivity contribution in [2.75, 3.05) is 0 Å². The van der Waals surface area contributed by atoms with Crippen LogP contribution in [0.5, 0.6) is 11.6 Å². The van der Waals surface area contributed by atoms with Crippen LogP contribution in [0.25, 0.3) is 0 Å². The number of benzene rings is 1. The lowest BCUT2D eigenvalue weighted by molar-refractivity contribution is 0.156. The lowest BCUT2D eigenvalue weighted by atomic mass is 10.3. The Morgan fingerprint density at radius 1 is 1.31 bits per heavy atom. The average molecular weight is 217 g/mol. The standard InChI is InChI=1S/C11H11N3O2/c1-8-7-10(13-11(12)14(8)15)16-9-5-3-2-4-6-9/h2-7,12,15H,1H3. The van der Waals surface area contributed by atoms with Gasteiger partial charge in [0.2, 0.25) is 5.88 Å². The molecule has 82 valence electrons. The molecule has 2 N–H and O–H groups in total. The lowest BCUT2D eigenvalue weighted by Gasteiger charge is -2.07. The second-order valence-electron chi connectivity index (χ2n) is 3.29. The van der Waals surface area contributed by atoms with Gasteiger partial charge in [-0.15, -0.1) is 0 Å². The fraction of sp³-hybridized carbons (Fsp3) is 0.0909. The van der Waals surface area contributed by atoms with Crippen LogP contribution in [0.15, 0.2) is 36.4 Å². The Kier molecular flexibility index (Phi) is 2.59. The summed E-state index contributed by atoms with van der Waals surface area (Å²) in [5.74, 6) is 0.934. The summed E-state index contributed by atoms with van der Waals surface area (Å²) in [7, 11) is 0. The topological polar surface area (TPSA) is 71.1 Å². The summed E-state index contributed by atoms with van der Waals surface area (Å²) in [6, 6.07) is 10.7. The van der Waals surface area contributed by atoms with E-state index in [-0.39, 0.29) is 5.62 Å². The van der Waals surface area contributed by atoms with E-state index in [1.165, 1.54) is 0 Å². The summed E-state index contributed by atoms with van der Waals surface area (Å²) in [4.78, 5) is 3.79. The Balaban J connectivity index is 2.33. The van der Waals surface area contributed by atoms with Crippen molar-refractivity contribution >= 4 is 0 Å².